The first kappa shape index (κ1) is 20.2. The van der Waals surface area contributed by atoms with Crippen LogP contribution in [-0.4, -0.2) is 67.3 Å². The van der Waals surface area contributed by atoms with Crippen molar-refractivity contribution in [2.24, 2.45) is 0 Å². The van der Waals surface area contributed by atoms with E-state index in [1.54, 1.807) is 4.90 Å². The van der Waals surface area contributed by atoms with Gasteiger partial charge in [-0.2, -0.15) is 8.78 Å². The van der Waals surface area contributed by atoms with E-state index in [9.17, 15) is 26.5 Å². The lowest BCUT2D eigenvalue weighted by molar-refractivity contribution is -0.00996. The van der Waals surface area contributed by atoms with Crippen LogP contribution in [0.15, 0.2) is 24.3 Å². The topological polar surface area (TPSA) is 127 Å². The minimum absolute atomic E-state index is 0.134. The van der Waals surface area contributed by atoms with Crippen LogP contribution >= 0.6 is 0 Å². The van der Waals surface area contributed by atoms with Gasteiger partial charge in [0.2, 0.25) is 0 Å². The Hall–Kier alpha value is -1.82. The molecule has 0 unspecified atom stereocenters. The largest absolute Gasteiger partial charge is 0.743 e. The van der Waals surface area contributed by atoms with Crippen LogP contribution in [0, 0.1) is 0 Å². The number of carbonyl (C=O) groups is 1. The lowest BCUT2D eigenvalue weighted by Crippen LogP contribution is -2.34. The predicted molar refractivity (Wildman–Crippen MR) is 77.8 cm³/mol. The Labute approximate surface area is 137 Å². The number of anilines is 1. The zero-order valence-electron chi connectivity index (χ0n) is 12.4. The second-order valence-corrected chi connectivity index (χ2v) is 6.15. The van der Waals surface area contributed by atoms with Gasteiger partial charge in [0, 0.05) is 18.8 Å². The van der Waals surface area contributed by atoms with Crippen molar-refractivity contribution in [3.63, 3.8) is 0 Å². The molecule has 0 spiro atoms. The van der Waals surface area contributed by atoms with E-state index in [4.69, 9.17) is 10.2 Å². The maximum absolute atomic E-state index is 12.9. The number of benzene rings is 1. The quantitative estimate of drug-likeness (QED) is 0.452. The molecule has 0 fully saturated rings. The first-order chi connectivity index (χ1) is 11.1. The predicted octanol–water partition coefficient (Wildman–Crippen LogP) is -0.228. The number of aliphatic hydroxyl groups is 2. The van der Waals surface area contributed by atoms with Gasteiger partial charge in [0.1, 0.15) is 0 Å². The zero-order valence-corrected chi connectivity index (χ0v) is 13.2. The van der Waals surface area contributed by atoms with Crippen molar-refractivity contribution in [1.29, 1.82) is 0 Å². The van der Waals surface area contributed by atoms with Crippen LogP contribution in [0.25, 0.3) is 0 Å². The molecule has 0 aliphatic rings. The first-order valence-corrected chi connectivity index (χ1v) is 8.10. The fraction of sp³-hybridized carbons (Fsp3) is 0.462. The molecule has 8 nitrogen and oxygen atoms in total. The molecule has 11 heteroatoms. The van der Waals surface area contributed by atoms with Crippen LogP contribution < -0.4 is 4.90 Å². The van der Waals surface area contributed by atoms with Gasteiger partial charge in [-0.1, -0.05) is 0 Å². The van der Waals surface area contributed by atoms with E-state index in [0.717, 1.165) is 0 Å². The molecule has 1 rings (SSSR count). The second kappa shape index (κ2) is 8.33. The van der Waals surface area contributed by atoms with Gasteiger partial charge < -0.3 is 24.4 Å². The summed E-state index contributed by atoms with van der Waals surface area (Å²) < 4.78 is 60.9. The van der Waals surface area contributed by atoms with Crippen molar-refractivity contribution in [1.82, 2.24) is 0 Å². The van der Waals surface area contributed by atoms with Gasteiger partial charge in [-0.3, -0.25) is 0 Å². The summed E-state index contributed by atoms with van der Waals surface area (Å²) in [6, 6.07) is 5.35. The maximum atomic E-state index is 12.9. The monoisotopic (exact) mass is 368 g/mol. The fourth-order valence-corrected chi connectivity index (χ4v) is 1.93. The van der Waals surface area contributed by atoms with E-state index >= 15 is 0 Å². The molecule has 0 saturated heterocycles. The van der Waals surface area contributed by atoms with Crippen LogP contribution in [0.1, 0.15) is 10.4 Å². The number of halogens is 2. The van der Waals surface area contributed by atoms with Gasteiger partial charge >= 0.3 is 11.2 Å². The van der Waals surface area contributed by atoms with Gasteiger partial charge in [-0.15, -0.1) is 0 Å². The Balaban J connectivity index is 2.76. The highest BCUT2D eigenvalue weighted by molar-refractivity contribution is 7.86. The number of ether oxygens (including phenoxy) is 1. The third-order valence-electron chi connectivity index (χ3n) is 2.95. The summed E-state index contributed by atoms with van der Waals surface area (Å²) in [5.41, 5.74) is 0.424. The lowest BCUT2D eigenvalue weighted by Gasteiger charge is -2.23. The van der Waals surface area contributed by atoms with Crippen LogP contribution in [0.3, 0.4) is 0 Å². The van der Waals surface area contributed by atoms with Crippen LogP contribution in [0.5, 0.6) is 0 Å². The average Bonchev–Trinajstić information content (AvgIpc) is 2.51. The standard InChI is InChI=1S/C13H17F2NO7S/c14-13(15,24(20,21)22)9-23-12(19)10-1-3-11(4-2-10)16(5-7-17)6-8-18/h1-4,17-18H,5-9H2,(H,20,21,22)/p-1. The van der Waals surface area contributed by atoms with Crippen LogP contribution in [0.4, 0.5) is 14.5 Å². The zero-order chi connectivity index (χ0) is 18.4. The maximum Gasteiger partial charge on any atom is 0.367 e. The number of hydrogen-bond acceptors (Lipinski definition) is 8. The summed E-state index contributed by atoms with van der Waals surface area (Å²) in [6.07, 6.45) is 0. The summed E-state index contributed by atoms with van der Waals surface area (Å²) >= 11 is 0. The average molecular weight is 368 g/mol. The minimum atomic E-state index is -5.93. The molecule has 1 aromatic rings. The number of carbonyl (C=O) groups excluding carboxylic acids is 1. The van der Waals surface area contributed by atoms with Crippen molar-refractivity contribution in [3.8, 4) is 0 Å². The normalized spacial score (nSPS) is 12.0. The molecule has 0 amide bonds. The molecule has 0 aliphatic carbocycles. The van der Waals surface area contributed by atoms with Crippen molar-refractivity contribution in [3.05, 3.63) is 29.8 Å². The number of aliphatic hydroxyl groups excluding tert-OH is 2. The highest BCUT2D eigenvalue weighted by Crippen LogP contribution is 2.21. The number of rotatable bonds is 9. The molecule has 0 aliphatic heterocycles. The third kappa shape index (κ3) is 5.37. The van der Waals surface area contributed by atoms with Gasteiger partial charge in [-0.25, -0.2) is 13.2 Å². The molecule has 2 N–H and O–H groups in total. The molecule has 0 atom stereocenters. The van der Waals surface area contributed by atoms with E-state index in [0.29, 0.717) is 5.69 Å². The van der Waals surface area contributed by atoms with Gasteiger partial charge in [0.05, 0.1) is 18.8 Å². The van der Waals surface area contributed by atoms with Crippen molar-refractivity contribution >= 4 is 21.8 Å². The Bertz CT molecular complexity index is 643. The highest BCUT2D eigenvalue weighted by atomic mass is 32.2. The SMILES string of the molecule is O=C(OCC(F)(F)S(=O)(=O)[O-])c1ccc(N(CCO)CCO)cc1. The van der Waals surface area contributed by atoms with Crippen molar-refractivity contribution < 1.29 is 41.5 Å². The van der Waals surface area contributed by atoms with E-state index in [-0.39, 0.29) is 31.9 Å². The van der Waals surface area contributed by atoms with Gasteiger partial charge in [0.25, 0.3) is 0 Å². The van der Waals surface area contributed by atoms with Crippen LogP contribution in [0.2, 0.25) is 0 Å². The lowest BCUT2D eigenvalue weighted by atomic mass is 10.2. The minimum Gasteiger partial charge on any atom is -0.743 e. The van der Waals surface area contributed by atoms with Gasteiger partial charge in [0.15, 0.2) is 16.7 Å². The van der Waals surface area contributed by atoms with E-state index in [1.165, 1.54) is 24.3 Å². The van der Waals surface area contributed by atoms with Gasteiger partial charge in [-0.05, 0) is 24.3 Å². The van der Waals surface area contributed by atoms with Crippen LogP contribution in [-0.2, 0) is 14.9 Å². The Morgan fingerprint density at radius 1 is 1.17 bits per heavy atom. The molecule has 0 heterocycles. The molecule has 136 valence electrons. The molecule has 0 saturated carbocycles. The summed E-state index contributed by atoms with van der Waals surface area (Å²) in [6.45, 7) is -1.73. The Morgan fingerprint density at radius 3 is 2.08 bits per heavy atom. The number of esters is 1. The first-order valence-electron chi connectivity index (χ1n) is 6.69. The fourth-order valence-electron chi connectivity index (χ4n) is 1.72. The van der Waals surface area contributed by atoms with Crippen molar-refractivity contribution in [2.45, 2.75) is 5.25 Å². The number of hydrogen-bond donors (Lipinski definition) is 2. The Kier molecular flexibility index (Phi) is 7.02. The summed E-state index contributed by atoms with van der Waals surface area (Å²) in [4.78, 5) is 13.2. The van der Waals surface area contributed by atoms with E-state index in [1.807, 2.05) is 0 Å². The summed E-state index contributed by atoms with van der Waals surface area (Å²) in [7, 11) is -5.93. The molecule has 0 radical (unpaired) electrons. The molecular weight excluding hydrogens is 352 g/mol. The molecular formula is C13H16F2NO7S-. The van der Waals surface area contributed by atoms with Crippen molar-refractivity contribution in [2.75, 3.05) is 37.8 Å². The third-order valence-corrected chi connectivity index (χ3v) is 3.79. The number of alkyl halides is 2. The highest BCUT2D eigenvalue weighted by Gasteiger charge is 2.39. The molecule has 0 bridgehead atoms. The summed E-state index contributed by atoms with van der Waals surface area (Å²) in [5.74, 6) is -1.22. The van der Waals surface area contributed by atoms with E-state index < -0.39 is 27.9 Å². The molecule has 24 heavy (non-hydrogen) atoms. The number of nitrogens with zero attached hydrogens (tertiary/aromatic N) is 1. The molecule has 0 aromatic heterocycles. The Morgan fingerprint density at radius 2 is 1.67 bits per heavy atom. The molecule has 1 aromatic carbocycles. The van der Waals surface area contributed by atoms with E-state index in [2.05, 4.69) is 4.74 Å². The smallest absolute Gasteiger partial charge is 0.367 e. The second-order valence-electron chi connectivity index (χ2n) is 4.65. The summed E-state index contributed by atoms with van der Waals surface area (Å²) in [5, 5.41) is 13.2.